The second-order valence-corrected chi connectivity index (χ2v) is 10.4. The number of hydrogen-bond donors (Lipinski definition) is 1. The van der Waals surface area contributed by atoms with Crippen molar-refractivity contribution in [3.8, 4) is 0 Å². The van der Waals surface area contributed by atoms with Gasteiger partial charge in [0.25, 0.3) is 0 Å². The standard InChI is InChI=1S/C15H27NOSi/c1-13(2)15(16-11-12-17-3)18(4,5)14-9-7-6-8-10-14/h6-10,13,15-16H,11-12H2,1-5H3. The molecule has 0 fully saturated rings. The summed E-state index contributed by atoms with van der Waals surface area (Å²) in [5.74, 6) is 0.642. The molecule has 1 aromatic rings. The van der Waals surface area contributed by atoms with E-state index in [1.165, 1.54) is 5.19 Å². The molecule has 0 aromatic heterocycles. The van der Waals surface area contributed by atoms with Crippen LogP contribution in [0.4, 0.5) is 0 Å². The molecule has 0 saturated carbocycles. The summed E-state index contributed by atoms with van der Waals surface area (Å²) in [7, 11) is 0.267. The molecule has 0 aliphatic rings. The van der Waals surface area contributed by atoms with Gasteiger partial charge >= 0.3 is 0 Å². The third-order valence-corrected chi connectivity index (χ3v) is 7.88. The number of ether oxygens (including phenoxy) is 1. The zero-order valence-corrected chi connectivity index (χ0v) is 13.4. The Bertz CT molecular complexity index is 338. The molecule has 1 N–H and O–H groups in total. The lowest BCUT2D eigenvalue weighted by atomic mass is 10.2. The highest BCUT2D eigenvalue weighted by Gasteiger charge is 2.35. The van der Waals surface area contributed by atoms with Gasteiger partial charge in [-0.1, -0.05) is 62.5 Å². The van der Waals surface area contributed by atoms with Gasteiger partial charge in [-0.25, -0.2) is 0 Å². The van der Waals surface area contributed by atoms with Gasteiger partial charge in [0.05, 0.1) is 14.7 Å². The molecule has 0 bridgehead atoms. The maximum absolute atomic E-state index is 5.14. The van der Waals surface area contributed by atoms with Crippen molar-refractivity contribution in [2.24, 2.45) is 5.92 Å². The van der Waals surface area contributed by atoms with Crippen LogP contribution in [0, 0.1) is 5.92 Å². The summed E-state index contributed by atoms with van der Waals surface area (Å²) in [5, 5.41) is 5.22. The Kier molecular flexibility index (Phi) is 6.06. The van der Waals surface area contributed by atoms with E-state index >= 15 is 0 Å². The fraction of sp³-hybridized carbons (Fsp3) is 0.600. The van der Waals surface area contributed by atoms with Gasteiger partial charge in [-0.3, -0.25) is 0 Å². The SMILES string of the molecule is COCCNC(C(C)C)[Si](C)(C)c1ccccc1. The summed E-state index contributed by atoms with van der Waals surface area (Å²) >= 11 is 0. The van der Waals surface area contributed by atoms with Crippen LogP contribution in [-0.2, 0) is 4.74 Å². The third kappa shape index (κ3) is 3.94. The van der Waals surface area contributed by atoms with Crippen LogP contribution in [0.2, 0.25) is 13.1 Å². The molecular weight excluding hydrogens is 238 g/mol. The normalized spacial score (nSPS) is 13.9. The van der Waals surface area contributed by atoms with Gasteiger partial charge in [-0.15, -0.1) is 0 Å². The number of benzene rings is 1. The van der Waals surface area contributed by atoms with Gasteiger partial charge in [-0.2, -0.15) is 0 Å². The van der Waals surface area contributed by atoms with Crippen LogP contribution in [-0.4, -0.2) is 34.0 Å². The largest absolute Gasteiger partial charge is 0.383 e. The van der Waals surface area contributed by atoms with Crippen molar-refractivity contribution in [2.75, 3.05) is 20.3 Å². The molecule has 3 heteroatoms. The number of methoxy groups -OCH3 is 1. The van der Waals surface area contributed by atoms with E-state index in [1.54, 1.807) is 7.11 Å². The first-order valence-corrected chi connectivity index (χ1v) is 9.85. The predicted octanol–water partition coefficient (Wildman–Crippen LogP) is 2.40. The molecule has 2 nitrogen and oxygen atoms in total. The average molecular weight is 265 g/mol. The van der Waals surface area contributed by atoms with Gasteiger partial charge in [0, 0.05) is 19.3 Å². The topological polar surface area (TPSA) is 21.3 Å². The van der Waals surface area contributed by atoms with Crippen molar-refractivity contribution in [3.63, 3.8) is 0 Å². The Labute approximate surface area is 113 Å². The van der Waals surface area contributed by atoms with Crippen LogP contribution in [0.25, 0.3) is 0 Å². The van der Waals surface area contributed by atoms with E-state index in [4.69, 9.17) is 4.74 Å². The predicted molar refractivity (Wildman–Crippen MR) is 82.1 cm³/mol. The maximum atomic E-state index is 5.14. The lowest BCUT2D eigenvalue weighted by molar-refractivity contribution is 0.196. The molecule has 0 radical (unpaired) electrons. The molecule has 1 aromatic carbocycles. The summed E-state index contributed by atoms with van der Waals surface area (Å²) in [5.41, 5.74) is 0.579. The van der Waals surface area contributed by atoms with Crippen LogP contribution in [0.15, 0.2) is 30.3 Å². The van der Waals surface area contributed by atoms with Crippen molar-refractivity contribution >= 4 is 13.3 Å². The van der Waals surface area contributed by atoms with E-state index in [0.717, 1.165) is 13.2 Å². The Morgan fingerprint density at radius 1 is 1.17 bits per heavy atom. The number of hydrogen-bond acceptors (Lipinski definition) is 2. The average Bonchev–Trinajstić information content (AvgIpc) is 2.35. The minimum absolute atomic E-state index is 0.579. The molecule has 0 spiro atoms. The molecule has 0 aliphatic carbocycles. The van der Waals surface area contributed by atoms with Gasteiger partial charge in [0.15, 0.2) is 0 Å². The van der Waals surface area contributed by atoms with Crippen LogP contribution in [0.5, 0.6) is 0 Å². The minimum atomic E-state index is -1.49. The fourth-order valence-electron chi connectivity index (χ4n) is 2.69. The van der Waals surface area contributed by atoms with E-state index in [2.05, 4.69) is 62.6 Å². The molecule has 1 rings (SSSR count). The zero-order valence-electron chi connectivity index (χ0n) is 12.4. The second-order valence-electron chi connectivity index (χ2n) is 5.76. The zero-order chi connectivity index (χ0) is 13.6. The maximum Gasteiger partial charge on any atom is 0.0986 e. The van der Waals surface area contributed by atoms with E-state index in [1.807, 2.05) is 0 Å². The smallest absolute Gasteiger partial charge is 0.0986 e. The first-order chi connectivity index (χ1) is 8.50. The third-order valence-electron chi connectivity index (χ3n) is 3.63. The first kappa shape index (κ1) is 15.4. The summed E-state index contributed by atoms with van der Waals surface area (Å²) < 4.78 is 5.14. The second kappa shape index (κ2) is 7.07. The molecule has 102 valence electrons. The van der Waals surface area contributed by atoms with Gasteiger partial charge in [0.2, 0.25) is 0 Å². The molecule has 18 heavy (non-hydrogen) atoms. The molecule has 0 amide bonds. The van der Waals surface area contributed by atoms with Gasteiger partial charge < -0.3 is 10.1 Å². The van der Waals surface area contributed by atoms with E-state index in [9.17, 15) is 0 Å². The van der Waals surface area contributed by atoms with Crippen molar-refractivity contribution in [1.82, 2.24) is 5.32 Å². The molecule has 0 saturated heterocycles. The monoisotopic (exact) mass is 265 g/mol. The number of rotatable bonds is 7. The van der Waals surface area contributed by atoms with Crippen LogP contribution in [0.1, 0.15) is 13.8 Å². The van der Waals surface area contributed by atoms with Gasteiger partial charge in [0.1, 0.15) is 0 Å². The summed E-state index contributed by atoms with van der Waals surface area (Å²) in [4.78, 5) is 0. The summed E-state index contributed by atoms with van der Waals surface area (Å²) in [6, 6.07) is 10.9. The lowest BCUT2D eigenvalue weighted by Crippen LogP contribution is -2.61. The Morgan fingerprint density at radius 2 is 1.78 bits per heavy atom. The van der Waals surface area contributed by atoms with E-state index in [0.29, 0.717) is 11.6 Å². The Balaban J connectivity index is 2.83. The van der Waals surface area contributed by atoms with Crippen molar-refractivity contribution in [3.05, 3.63) is 30.3 Å². The van der Waals surface area contributed by atoms with E-state index in [-0.39, 0.29) is 0 Å². The van der Waals surface area contributed by atoms with Crippen molar-refractivity contribution in [1.29, 1.82) is 0 Å². The first-order valence-electron chi connectivity index (χ1n) is 6.78. The molecule has 1 unspecified atom stereocenters. The molecule has 1 atom stereocenters. The highest BCUT2D eigenvalue weighted by atomic mass is 28.3. The van der Waals surface area contributed by atoms with Crippen LogP contribution < -0.4 is 10.5 Å². The molecular formula is C15H27NOSi. The highest BCUT2D eigenvalue weighted by molar-refractivity contribution is 6.91. The van der Waals surface area contributed by atoms with Crippen LogP contribution in [0.3, 0.4) is 0 Å². The van der Waals surface area contributed by atoms with E-state index < -0.39 is 8.07 Å². The summed E-state index contributed by atoms with van der Waals surface area (Å²) in [6.07, 6.45) is 0. The molecule has 0 heterocycles. The molecule has 0 aliphatic heterocycles. The Morgan fingerprint density at radius 3 is 2.28 bits per heavy atom. The minimum Gasteiger partial charge on any atom is -0.383 e. The highest BCUT2D eigenvalue weighted by Crippen LogP contribution is 2.16. The Hall–Kier alpha value is -0.643. The fourth-order valence-corrected chi connectivity index (χ4v) is 6.42. The van der Waals surface area contributed by atoms with Crippen molar-refractivity contribution in [2.45, 2.75) is 32.6 Å². The van der Waals surface area contributed by atoms with Crippen molar-refractivity contribution < 1.29 is 4.74 Å². The summed E-state index contributed by atoms with van der Waals surface area (Å²) in [6.45, 7) is 11.2. The van der Waals surface area contributed by atoms with Crippen LogP contribution >= 0.6 is 0 Å². The van der Waals surface area contributed by atoms with Gasteiger partial charge in [-0.05, 0) is 5.92 Å². The number of nitrogens with one attached hydrogen (secondary N) is 1. The lowest BCUT2D eigenvalue weighted by Gasteiger charge is -2.36. The quantitative estimate of drug-likeness (QED) is 0.604.